The van der Waals surface area contributed by atoms with Crippen molar-refractivity contribution in [3.05, 3.63) is 45.2 Å². The van der Waals surface area contributed by atoms with Gasteiger partial charge in [-0.1, -0.05) is 11.6 Å². The lowest BCUT2D eigenvalue weighted by atomic mass is 10.0. The zero-order chi connectivity index (χ0) is 20.4. The smallest absolute Gasteiger partial charge is 0.359 e. The number of nitrogens with zero attached hydrogens (tertiary/aromatic N) is 3. The van der Waals surface area contributed by atoms with E-state index in [0.29, 0.717) is 30.3 Å². The van der Waals surface area contributed by atoms with E-state index >= 15 is 0 Å². The molecule has 1 amide bonds. The predicted octanol–water partition coefficient (Wildman–Crippen LogP) is 2.83. The average molecular weight is 406 g/mol. The molecule has 7 nitrogen and oxygen atoms in total. The van der Waals surface area contributed by atoms with Crippen LogP contribution in [0, 0.1) is 13.8 Å². The van der Waals surface area contributed by atoms with Crippen molar-refractivity contribution >= 4 is 23.5 Å². The number of aryl methyl sites for hydroxylation is 3. The third-order valence-electron chi connectivity index (χ3n) is 4.84. The van der Waals surface area contributed by atoms with Crippen molar-refractivity contribution in [2.24, 2.45) is 7.05 Å². The van der Waals surface area contributed by atoms with Crippen molar-refractivity contribution in [1.29, 1.82) is 0 Å². The third kappa shape index (κ3) is 3.99. The summed E-state index contributed by atoms with van der Waals surface area (Å²) in [5.41, 5.74) is 3.79. The number of rotatable bonds is 5. The Labute approximate surface area is 169 Å². The maximum Gasteiger partial charge on any atom is 0.359 e. The number of benzene rings is 1. The lowest BCUT2D eigenvalue weighted by Gasteiger charge is -2.27. The summed E-state index contributed by atoms with van der Waals surface area (Å²) in [6.07, 6.45) is 0.628. The number of hydrogen-bond donors (Lipinski definition) is 0. The van der Waals surface area contributed by atoms with Crippen LogP contribution in [0.2, 0.25) is 5.02 Å². The van der Waals surface area contributed by atoms with Gasteiger partial charge in [0.2, 0.25) is 0 Å². The van der Waals surface area contributed by atoms with Crippen molar-refractivity contribution in [1.82, 2.24) is 14.7 Å². The zero-order valence-corrected chi connectivity index (χ0v) is 17.3. The van der Waals surface area contributed by atoms with Gasteiger partial charge in [-0.05, 0) is 44.0 Å². The molecule has 1 aromatic carbocycles. The number of fused-ring (bicyclic) bond motifs is 1. The van der Waals surface area contributed by atoms with Gasteiger partial charge in [0.1, 0.15) is 5.75 Å². The van der Waals surface area contributed by atoms with Crippen LogP contribution in [-0.2, 0) is 29.5 Å². The van der Waals surface area contributed by atoms with Gasteiger partial charge in [0, 0.05) is 36.3 Å². The van der Waals surface area contributed by atoms with Gasteiger partial charge in [0.15, 0.2) is 12.3 Å². The van der Waals surface area contributed by atoms with Crippen LogP contribution in [0.15, 0.2) is 12.1 Å². The lowest BCUT2D eigenvalue weighted by Crippen LogP contribution is -2.39. The Morgan fingerprint density at radius 3 is 2.57 bits per heavy atom. The highest BCUT2D eigenvalue weighted by molar-refractivity contribution is 6.32. The maximum absolute atomic E-state index is 12.7. The molecule has 0 bridgehead atoms. The van der Waals surface area contributed by atoms with Gasteiger partial charge in [-0.2, -0.15) is 5.10 Å². The van der Waals surface area contributed by atoms with E-state index in [1.807, 2.05) is 26.0 Å². The number of halogens is 1. The maximum atomic E-state index is 12.7. The highest BCUT2D eigenvalue weighted by Gasteiger charge is 2.30. The van der Waals surface area contributed by atoms with Crippen LogP contribution in [0.4, 0.5) is 0 Å². The topological polar surface area (TPSA) is 73.7 Å². The van der Waals surface area contributed by atoms with Crippen LogP contribution in [0.25, 0.3) is 0 Å². The Kier molecular flexibility index (Phi) is 5.93. The monoisotopic (exact) mass is 405 g/mol. The first-order valence-electron chi connectivity index (χ1n) is 9.21. The van der Waals surface area contributed by atoms with E-state index in [9.17, 15) is 9.59 Å². The Balaban J connectivity index is 1.70. The van der Waals surface area contributed by atoms with Crippen LogP contribution in [-0.4, -0.2) is 46.3 Å². The first kappa shape index (κ1) is 20.2. The van der Waals surface area contributed by atoms with Gasteiger partial charge >= 0.3 is 5.97 Å². The molecule has 0 saturated heterocycles. The van der Waals surface area contributed by atoms with Gasteiger partial charge in [0.05, 0.1) is 13.2 Å². The fraction of sp³-hybridized carbons (Fsp3) is 0.450. The molecule has 0 fully saturated rings. The summed E-state index contributed by atoms with van der Waals surface area (Å²) >= 11 is 6.17. The van der Waals surface area contributed by atoms with E-state index in [1.165, 1.54) is 0 Å². The van der Waals surface area contributed by atoms with E-state index in [0.717, 1.165) is 22.4 Å². The number of aromatic nitrogens is 2. The lowest BCUT2D eigenvalue weighted by molar-refractivity contribution is -0.134. The molecule has 2 aromatic rings. The minimum absolute atomic E-state index is 0.0785. The van der Waals surface area contributed by atoms with Crippen LogP contribution in [0.5, 0.6) is 5.75 Å². The molecule has 0 aliphatic carbocycles. The highest BCUT2D eigenvalue weighted by Crippen LogP contribution is 2.26. The van der Waals surface area contributed by atoms with Crippen LogP contribution >= 0.6 is 11.6 Å². The van der Waals surface area contributed by atoms with Gasteiger partial charge in [0.25, 0.3) is 5.91 Å². The molecule has 0 atom stereocenters. The number of carbonyl (C=O) groups is 2. The number of esters is 1. The van der Waals surface area contributed by atoms with Gasteiger partial charge < -0.3 is 14.4 Å². The van der Waals surface area contributed by atoms with Crippen LogP contribution in [0.1, 0.15) is 39.8 Å². The fourth-order valence-corrected chi connectivity index (χ4v) is 3.50. The first-order chi connectivity index (χ1) is 13.3. The molecule has 2 heterocycles. The summed E-state index contributed by atoms with van der Waals surface area (Å²) in [6, 6.07) is 3.63. The second-order valence-corrected chi connectivity index (χ2v) is 7.22. The van der Waals surface area contributed by atoms with Crippen molar-refractivity contribution in [3.8, 4) is 5.75 Å². The average Bonchev–Trinajstić information content (AvgIpc) is 3.00. The Hall–Kier alpha value is -2.54. The second-order valence-electron chi connectivity index (χ2n) is 6.84. The van der Waals surface area contributed by atoms with E-state index in [4.69, 9.17) is 21.1 Å². The Morgan fingerprint density at radius 1 is 1.25 bits per heavy atom. The molecule has 0 N–H and O–H groups in total. The molecule has 0 radical (unpaired) electrons. The quantitative estimate of drug-likeness (QED) is 0.715. The van der Waals surface area contributed by atoms with Gasteiger partial charge in [-0.15, -0.1) is 0 Å². The number of amides is 1. The van der Waals surface area contributed by atoms with Crippen molar-refractivity contribution < 1.29 is 19.1 Å². The largest absolute Gasteiger partial charge is 0.484 e. The normalized spacial score (nSPS) is 13.2. The molecule has 0 unspecified atom stereocenters. The van der Waals surface area contributed by atoms with Gasteiger partial charge in [-0.25, -0.2) is 4.79 Å². The third-order valence-corrected chi connectivity index (χ3v) is 5.43. The van der Waals surface area contributed by atoms with E-state index in [2.05, 4.69) is 5.10 Å². The molecule has 0 saturated carbocycles. The Bertz CT molecular complexity index is 899. The fourth-order valence-electron chi connectivity index (χ4n) is 3.39. The summed E-state index contributed by atoms with van der Waals surface area (Å²) < 4.78 is 12.5. The molecule has 150 valence electrons. The molecule has 8 heteroatoms. The first-order valence-corrected chi connectivity index (χ1v) is 9.58. The summed E-state index contributed by atoms with van der Waals surface area (Å²) in [5, 5.41) is 4.99. The summed E-state index contributed by atoms with van der Waals surface area (Å²) in [6.45, 7) is 6.62. The Morgan fingerprint density at radius 2 is 1.93 bits per heavy atom. The van der Waals surface area contributed by atoms with E-state index in [-0.39, 0.29) is 24.8 Å². The standard InChI is InChI=1S/C20H24ClN3O4/c1-5-27-20(26)19-15-10-24(7-6-16(15)23(4)22-19)17(25)11-28-14-8-12(2)18(21)13(3)9-14/h8-9H,5-7,10-11H2,1-4H3. The van der Waals surface area contributed by atoms with E-state index in [1.54, 1.807) is 23.6 Å². The molecular weight excluding hydrogens is 382 g/mol. The van der Waals surface area contributed by atoms with Gasteiger partial charge in [-0.3, -0.25) is 9.48 Å². The molecule has 1 aromatic heterocycles. The number of carbonyl (C=O) groups excluding carboxylic acids is 2. The SMILES string of the molecule is CCOC(=O)c1nn(C)c2c1CN(C(=O)COc1cc(C)c(Cl)c(C)c1)CC2. The molecular formula is C20H24ClN3O4. The highest BCUT2D eigenvalue weighted by atomic mass is 35.5. The van der Waals surface area contributed by atoms with Crippen molar-refractivity contribution in [2.45, 2.75) is 33.7 Å². The molecule has 28 heavy (non-hydrogen) atoms. The molecule has 1 aliphatic heterocycles. The van der Waals surface area contributed by atoms with Crippen LogP contribution < -0.4 is 4.74 Å². The summed E-state index contributed by atoms with van der Waals surface area (Å²) in [4.78, 5) is 26.5. The number of hydrogen-bond acceptors (Lipinski definition) is 5. The minimum atomic E-state index is -0.461. The van der Waals surface area contributed by atoms with Crippen molar-refractivity contribution in [2.75, 3.05) is 19.8 Å². The second kappa shape index (κ2) is 8.22. The zero-order valence-electron chi connectivity index (χ0n) is 16.5. The van der Waals surface area contributed by atoms with E-state index < -0.39 is 5.97 Å². The molecule has 1 aliphatic rings. The summed E-state index contributed by atoms with van der Waals surface area (Å²) in [7, 11) is 1.80. The van der Waals surface area contributed by atoms with Crippen molar-refractivity contribution in [3.63, 3.8) is 0 Å². The molecule has 3 rings (SSSR count). The minimum Gasteiger partial charge on any atom is -0.484 e. The number of ether oxygens (including phenoxy) is 2. The summed E-state index contributed by atoms with van der Waals surface area (Å²) in [5.74, 6) is 0.00520. The van der Waals surface area contributed by atoms with Crippen LogP contribution in [0.3, 0.4) is 0 Å². The predicted molar refractivity (Wildman–Crippen MR) is 105 cm³/mol. The molecule has 0 spiro atoms.